The van der Waals surface area contributed by atoms with Crippen molar-refractivity contribution < 1.29 is 21.6 Å². The van der Waals surface area contributed by atoms with E-state index in [-0.39, 0.29) is 18.0 Å². The average Bonchev–Trinajstić information content (AvgIpc) is 2.58. The lowest BCUT2D eigenvalue weighted by molar-refractivity contribution is 0.415. The summed E-state index contributed by atoms with van der Waals surface area (Å²) in [6, 6.07) is 13.1. The van der Waals surface area contributed by atoms with Crippen LogP contribution in [0.1, 0.15) is 5.56 Å². The standard InChI is InChI=1S/C17H22N2O5S2/c1-14-6-4-5-7-17(14)26(22,23)18-12-13-19(25(3,20)21)15-8-10-16(24-2)11-9-15/h4-11,18H,12-13H2,1-3H3. The van der Waals surface area contributed by atoms with Crippen molar-refractivity contribution >= 4 is 25.7 Å². The first-order chi connectivity index (χ1) is 12.1. The minimum atomic E-state index is -3.72. The Balaban J connectivity index is 2.14. The zero-order chi connectivity index (χ0) is 19.4. The van der Waals surface area contributed by atoms with E-state index in [2.05, 4.69) is 4.72 Å². The van der Waals surface area contributed by atoms with Crippen LogP contribution < -0.4 is 13.8 Å². The second-order valence-corrected chi connectivity index (χ2v) is 9.34. The molecule has 0 aliphatic rings. The van der Waals surface area contributed by atoms with E-state index < -0.39 is 20.0 Å². The monoisotopic (exact) mass is 398 g/mol. The SMILES string of the molecule is COc1ccc(N(CCNS(=O)(=O)c2ccccc2C)S(C)(=O)=O)cc1. The second kappa shape index (κ2) is 8.07. The lowest BCUT2D eigenvalue weighted by Gasteiger charge is -2.23. The van der Waals surface area contributed by atoms with E-state index in [1.807, 2.05) is 0 Å². The third kappa shape index (κ3) is 4.96. The molecule has 0 heterocycles. The van der Waals surface area contributed by atoms with E-state index in [9.17, 15) is 16.8 Å². The van der Waals surface area contributed by atoms with Crippen molar-refractivity contribution in [3.05, 3.63) is 54.1 Å². The van der Waals surface area contributed by atoms with Gasteiger partial charge in [-0.05, 0) is 42.8 Å². The minimum absolute atomic E-state index is 0.0315. The first-order valence-corrected chi connectivity index (χ1v) is 11.2. The predicted octanol–water partition coefficient (Wildman–Crippen LogP) is 1.75. The lowest BCUT2D eigenvalue weighted by Crippen LogP contribution is -2.38. The quantitative estimate of drug-likeness (QED) is 0.731. The van der Waals surface area contributed by atoms with Crippen LogP contribution in [-0.4, -0.2) is 43.3 Å². The minimum Gasteiger partial charge on any atom is -0.497 e. The Morgan fingerprint density at radius 1 is 1.00 bits per heavy atom. The van der Waals surface area contributed by atoms with Crippen molar-refractivity contribution in [1.29, 1.82) is 0 Å². The summed E-state index contributed by atoms with van der Waals surface area (Å²) >= 11 is 0. The van der Waals surface area contributed by atoms with Crippen molar-refractivity contribution in [3.63, 3.8) is 0 Å². The number of anilines is 1. The van der Waals surface area contributed by atoms with Crippen LogP contribution in [0.25, 0.3) is 0 Å². The van der Waals surface area contributed by atoms with Gasteiger partial charge in [-0.3, -0.25) is 4.31 Å². The van der Waals surface area contributed by atoms with E-state index >= 15 is 0 Å². The molecule has 0 fully saturated rings. The molecule has 0 saturated heterocycles. The number of benzene rings is 2. The molecule has 0 atom stereocenters. The number of ether oxygens (including phenoxy) is 1. The highest BCUT2D eigenvalue weighted by Gasteiger charge is 2.20. The van der Waals surface area contributed by atoms with Gasteiger partial charge in [-0.1, -0.05) is 18.2 Å². The summed E-state index contributed by atoms with van der Waals surface area (Å²) < 4.78 is 57.6. The number of nitrogens with one attached hydrogen (secondary N) is 1. The Bertz CT molecular complexity index is 955. The number of methoxy groups -OCH3 is 1. The van der Waals surface area contributed by atoms with Crippen LogP contribution >= 0.6 is 0 Å². The van der Waals surface area contributed by atoms with Crippen LogP contribution in [0.3, 0.4) is 0 Å². The highest BCUT2D eigenvalue weighted by Crippen LogP contribution is 2.21. The van der Waals surface area contributed by atoms with Gasteiger partial charge in [0.25, 0.3) is 0 Å². The first-order valence-electron chi connectivity index (χ1n) is 7.82. The van der Waals surface area contributed by atoms with Crippen LogP contribution in [0.2, 0.25) is 0 Å². The Morgan fingerprint density at radius 2 is 1.62 bits per heavy atom. The summed E-state index contributed by atoms with van der Waals surface area (Å²) in [5.41, 5.74) is 1.05. The lowest BCUT2D eigenvalue weighted by atomic mass is 10.2. The number of hydrogen-bond donors (Lipinski definition) is 1. The molecule has 0 aliphatic heterocycles. The maximum Gasteiger partial charge on any atom is 0.240 e. The highest BCUT2D eigenvalue weighted by atomic mass is 32.2. The molecule has 0 bridgehead atoms. The van der Waals surface area contributed by atoms with E-state index in [1.54, 1.807) is 49.4 Å². The molecular formula is C17H22N2O5S2. The van der Waals surface area contributed by atoms with Crippen molar-refractivity contribution in [3.8, 4) is 5.75 Å². The second-order valence-electron chi connectivity index (χ2n) is 5.70. The van der Waals surface area contributed by atoms with E-state index in [0.717, 1.165) is 10.6 Å². The van der Waals surface area contributed by atoms with Crippen LogP contribution in [-0.2, 0) is 20.0 Å². The molecule has 142 valence electrons. The fourth-order valence-electron chi connectivity index (χ4n) is 2.45. The van der Waals surface area contributed by atoms with E-state index in [1.165, 1.54) is 13.2 Å². The molecule has 2 aromatic carbocycles. The third-order valence-corrected chi connectivity index (χ3v) is 6.57. The van der Waals surface area contributed by atoms with Crippen LogP contribution in [0.4, 0.5) is 5.69 Å². The molecule has 1 N–H and O–H groups in total. The van der Waals surface area contributed by atoms with Gasteiger partial charge in [-0.15, -0.1) is 0 Å². The van der Waals surface area contributed by atoms with Crippen molar-refractivity contribution in [2.45, 2.75) is 11.8 Å². The van der Waals surface area contributed by atoms with Crippen LogP contribution in [0.15, 0.2) is 53.4 Å². The van der Waals surface area contributed by atoms with Gasteiger partial charge in [0, 0.05) is 13.1 Å². The molecule has 0 aromatic heterocycles. The van der Waals surface area contributed by atoms with Crippen LogP contribution in [0, 0.1) is 6.92 Å². The summed E-state index contributed by atoms with van der Waals surface area (Å²) in [6.45, 7) is 1.61. The molecular weight excluding hydrogens is 376 g/mol. The fraction of sp³-hybridized carbons (Fsp3) is 0.294. The van der Waals surface area contributed by atoms with Crippen LogP contribution in [0.5, 0.6) is 5.75 Å². The maximum absolute atomic E-state index is 12.4. The molecule has 0 amide bonds. The van der Waals surface area contributed by atoms with Crippen molar-refractivity contribution in [2.75, 3.05) is 30.8 Å². The summed E-state index contributed by atoms with van der Waals surface area (Å²) in [7, 11) is -5.77. The summed E-state index contributed by atoms with van der Waals surface area (Å²) in [6.07, 6.45) is 1.08. The third-order valence-electron chi connectivity index (χ3n) is 3.75. The number of aryl methyl sites for hydroxylation is 1. The van der Waals surface area contributed by atoms with E-state index in [0.29, 0.717) is 17.0 Å². The Labute approximate surface area is 154 Å². The Kier molecular flexibility index (Phi) is 6.27. The molecule has 0 saturated carbocycles. The number of sulfonamides is 2. The summed E-state index contributed by atoms with van der Waals surface area (Å²) in [5, 5.41) is 0. The highest BCUT2D eigenvalue weighted by molar-refractivity contribution is 7.92. The van der Waals surface area contributed by atoms with Gasteiger partial charge in [-0.2, -0.15) is 0 Å². The number of nitrogens with zero attached hydrogens (tertiary/aromatic N) is 1. The molecule has 0 radical (unpaired) electrons. The van der Waals surface area contributed by atoms with Crippen molar-refractivity contribution in [1.82, 2.24) is 4.72 Å². The topological polar surface area (TPSA) is 92.8 Å². The Morgan fingerprint density at radius 3 is 2.15 bits per heavy atom. The van der Waals surface area contributed by atoms with Gasteiger partial charge in [-0.25, -0.2) is 21.6 Å². The van der Waals surface area contributed by atoms with Gasteiger partial charge in [0.2, 0.25) is 20.0 Å². The summed E-state index contributed by atoms with van der Waals surface area (Å²) in [4.78, 5) is 0.176. The average molecular weight is 399 g/mol. The molecule has 0 spiro atoms. The zero-order valence-corrected chi connectivity index (χ0v) is 16.5. The summed E-state index contributed by atoms with van der Waals surface area (Å²) in [5.74, 6) is 0.599. The van der Waals surface area contributed by atoms with E-state index in [4.69, 9.17) is 4.74 Å². The smallest absolute Gasteiger partial charge is 0.240 e. The fourth-order valence-corrected chi connectivity index (χ4v) is 4.64. The molecule has 26 heavy (non-hydrogen) atoms. The predicted molar refractivity (Wildman–Crippen MR) is 102 cm³/mol. The normalized spacial score (nSPS) is 12.0. The largest absolute Gasteiger partial charge is 0.497 e. The van der Waals surface area contributed by atoms with Gasteiger partial charge in [0.15, 0.2) is 0 Å². The van der Waals surface area contributed by atoms with Gasteiger partial charge in [0.05, 0.1) is 23.9 Å². The zero-order valence-electron chi connectivity index (χ0n) is 14.8. The molecule has 9 heteroatoms. The Hall–Kier alpha value is -2.10. The van der Waals surface area contributed by atoms with Crippen molar-refractivity contribution in [2.24, 2.45) is 0 Å². The maximum atomic E-state index is 12.4. The molecule has 0 unspecified atom stereocenters. The van der Waals surface area contributed by atoms with Gasteiger partial charge < -0.3 is 4.74 Å². The molecule has 7 nitrogen and oxygen atoms in total. The van der Waals surface area contributed by atoms with Gasteiger partial charge in [0.1, 0.15) is 5.75 Å². The number of rotatable bonds is 8. The molecule has 0 aliphatic carbocycles. The van der Waals surface area contributed by atoms with Gasteiger partial charge >= 0.3 is 0 Å². The molecule has 2 aromatic rings. The molecule has 2 rings (SSSR count). The number of hydrogen-bond acceptors (Lipinski definition) is 5. The first kappa shape index (κ1) is 20.2.